The van der Waals surface area contributed by atoms with Gasteiger partial charge in [0, 0.05) is 29.4 Å². The third-order valence-electron chi connectivity index (χ3n) is 5.03. The normalized spacial score (nSPS) is 15.0. The lowest BCUT2D eigenvalue weighted by Crippen LogP contribution is -2.40. The molecule has 26 heavy (non-hydrogen) atoms. The fourth-order valence-corrected chi connectivity index (χ4v) is 3.57. The second-order valence-corrected chi connectivity index (χ2v) is 6.41. The van der Waals surface area contributed by atoms with Gasteiger partial charge in [0.1, 0.15) is 17.2 Å². The highest BCUT2D eigenvalue weighted by atomic mass is 19.1. The maximum absolute atomic E-state index is 13.4. The molecular formula is C22H23FN2O. The number of rotatable bonds is 5. The number of nitrogens with zero attached hydrogens (tertiary/aromatic N) is 1. The van der Waals surface area contributed by atoms with Crippen molar-refractivity contribution in [1.82, 2.24) is 0 Å². The SMILES string of the molecule is CCNc1ccc2c(c1)OC(CC)(CC)C(C#N)=C2c1ccc(F)cc1. The Bertz CT molecular complexity index is 874. The number of halogens is 1. The van der Waals surface area contributed by atoms with E-state index in [0.29, 0.717) is 18.4 Å². The van der Waals surface area contributed by atoms with Gasteiger partial charge in [-0.15, -0.1) is 0 Å². The lowest BCUT2D eigenvalue weighted by Gasteiger charge is -2.38. The minimum atomic E-state index is -0.670. The summed E-state index contributed by atoms with van der Waals surface area (Å²) in [5, 5.41) is 13.3. The van der Waals surface area contributed by atoms with Crippen LogP contribution in [0.4, 0.5) is 10.1 Å². The van der Waals surface area contributed by atoms with E-state index in [2.05, 4.69) is 11.4 Å². The second kappa shape index (κ2) is 7.21. The molecule has 0 spiro atoms. The molecule has 0 aliphatic carbocycles. The van der Waals surface area contributed by atoms with Crippen molar-refractivity contribution < 1.29 is 9.13 Å². The van der Waals surface area contributed by atoms with Crippen molar-refractivity contribution >= 4 is 11.3 Å². The molecule has 0 unspecified atom stereocenters. The van der Waals surface area contributed by atoms with Gasteiger partial charge < -0.3 is 10.1 Å². The highest BCUT2D eigenvalue weighted by Gasteiger charge is 2.41. The van der Waals surface area contributed by atoms with Crippen LogP contribution in [-0.4, -0.2) is 12.1 Å². The topological polar surface area (TPSA) is 45.0 Å². The van der Waals surface area contributed by atoms with Crippen molar-refractivity contribution in [2.75, 3.05) is 11.9 Å². The molecule has 1 aliphatic heterocycles. The summed E-state index contributed by atoms with van der Waals surface area (Å²) in [6.07, 6.45) is 1.37. The lowest BCUT2D eigenvalue weighted by molar-refractivity contribution is 0.0995. The van der Waals surface area contributed by atoms with E-state index in [-0.39, 0.29) is 5.82 Å². The molecule has 0 aromatic heterocycles. The smallest absolute Gasteiger partial charge is 0.144 e. The Labute approximate surface area is 154 Å². The number of benzene rings is 2. The molecule has 1 aliphatic rings. The van der Waals surface area contributed by atoms with Crippen molar-refractivity contribution in [2.24, 2.45) is 0 Å². The van der Waals surface area contributed by atoms with E-state index in [1.807, 2.05) is 39.0 Å². The van der Waals surface area contributed by atoms with Gasteiger partial charge in [-0.3, -0.25) is 0 Å². The molecule has 2 aromatic rings. The summed E-state index contributed by atoms with van der Waals surface area (Å²) in [4.78, 5) is 0. The van der Waals surface area contributed by atoms with Gasteiger partial charge >= 0.3 is 0 Å². The van der Waals surface area contributed by atoms with E-state index < -0.39 is 5.60 Å². The maximum Gasteiger partial charge on any atom is 0.144 e. The lowest BCUT2D eigenvalue weighted by atomic mass is 9.78. The Morgan fingerprint density at radius 3 is 2.35 bits per heavy atom. The minimum absolute atomic E-state index is 0.292. The third kappa shape index (κ3) is 2.94. The highest BCUT2D eigenvalue weighted by molar-refractivity contribution is 5.90. The van der Waals surface area contributed by atoms with Gasteiger partial charge in [-0.1, -0.05) is 26.0 Å². The van der Waals surface area contributed by atoms with Crippen LogP contribution >= 0.6 is 0 Å². The van der Waals surface area contributed by atoms with Crippen LogP contribution < -0.4 is 10.1 Å². The first-order chi connectivity index (χ1) is 12.6. The van der Waals surface area contributed by atoms with E-state index in [4.69, 9.17) is 4.74 Å². The minimum Gasteiger partial charge on any atom is -0.481 e. The molecule has 1 N–H and O–H groups in total. The Morgan fingerprint density at radius 2 is 1.77 bits per heavy atom. The van der Waals surface area contributed by atoms with Gasteiger partial charge in [0.2, 0.25) is 0 Å². The number of fused-ring (bicyclic) bond motifs is 1. The molecular weight excluding hydrogens is 327 g/mol. The third-order valence-corrected chi connectivity index (χ3v) is 5.03. The first-order valence-corrected chi connectivity index (χ1v) is 9.06. The molecule has 0 saturated carbocycles. The number of nitrogens with one attached hydrogen (secondary N) is 1. The molecule has 0 bridgehead atoms. The summed E-state index contributed by atoms with van der Waals surface area (Å²) in [5.41, 5.74) is 3.45. The zero-order valence-electron chi connectivity index (χ0n) is 15.4. The predicted molar refractivity (Wildman–Crippen MR) is 103 cm³/mol. The first kappa shape index (κ1) is 18.0. The standard InChI is InChI=1S/C22H23FN2O/c1-4-22(5-2)19(14-24)21(15-7-9-16(23)10-8-15)18-12-11-17(25-6-3)13-20(18)26-22/h7-13,25H,4-6H2,1-3H3. The Balaban J connectivity index is 2.29. The summed E-state index contributed by atoms with van der Waals surface area (Å²) in [5.74, 6) is 0.463. The summed E-state index contributed by atoms with van der Waals surface area (Å²) < 4.78 is 19.8. The average Bonchev–Trinajstić information content (AvgIpc) is 2.67. The van der Waals surface area contributed by atoms with Crippen LogP contribution in [0.2, 0.25) is 0 Å². The van der Waals surface area contributed by atoms with Crippen molar-refractivity contribution in [2.45, 2.75) is 39.2 Å². The zero-order valence-corrected chi connectivity index (χ0v) is 15.4. The van der Waals surface area contributed by atoms with Crippen LogP contribution in [0.15, 0.2) is 48.0 Å². The largest absolute Gasteiger partial charge is 0.481 e. The number of nitriles is 1. The highest BCUT2D eigenvalue weighted by Crippen LogP contribution is 2.47. The molecule has 4 heteroatoms. The fourth-order valence-electron chi connectivity index (χ4n) is 3.57. The number of hydrogen-bond acceptors (Lipinski definition) is 3. The quantitative estimate of drug-likeness (QED) is 0.770. The van der Waals surface area contributed by atoms with Gasteiger partial charge in [0.05, 0.1) is 11.6 Å². The van der Waals surface area contributed by atoms with Gasteiger partial charge in [0.15, 0.2) is 0 Å². The molecule has 134 valence electrons. The molecule has 0 amide bonds. The molecule has 0 atom stereocenters. The zero-order chi connectivity index (χ0) is 18.7. The van der Waals surface area contributed by atoms with Crippen LogP contribution in [0.5, 0.6) is 5.75 Å². The summed E-state index contributed by atoms with van der Waals surface area (Å²) in [7, 11) is 0. The van der Waals surface area contributed by atoms with Gasteiger partial charge in [-0.25, -0.2) is 4.39 Å². The molecule has 0 radical (unpaired) electrons. The van der Waals surface area contributed by atoms with Crippen molar-refractivity contribution in [3.05, 3.63) is 65.0 Å². The van der Waals surface area contributed by atoms with Crippen LogP contribution in [0.1, 0.15) is 44.7 Å². The first-order valence-electron chi connectivity index (χ1n) is 9.06. The van der Waals surface area contributed by atoms with Crippen LogP contribution in [-0.2, 0) is 0 Å². The van der Waals surface area contributed by atoms with Gasteiger partial charge in [0.25, 0.3) is 0 Å². The predicted octanol–water partition coefficient (Wildman–Crippen LogP) is 5.53. The second-order valence-electron chi connectivity index (χ2n) is 6.41. The van der Waals surface area contributed by atoms with Crippen LogP contribution in [0, 0.1) is 17.1 Å². The average molecular weight is 350 g/mol. The maximum atomic E-state index is 13.4. The van der Waals surface area contributed by atoms with Crippen LogP contribution in [0.25, 0.3) is 5.57 Å². The Hall–Kier alpha value is -2.80. The molecule has 1 heterocycles. The number of ether oxygens (including phenoxy) is 1. The van der Waals surface area contributed by atoms with Gasteiger partial charge in [-0.05, 0) is 49.6 Å². The molecule has 2 aromatic carbocycles. The fraction of sp³-hybridized carbons (Fsp3) is 0.318. The van der Waals surface area contributed by atoms with E-state index in [9.17, 15) is 9.65 Å². The van der Waals surface area contributed by atoms with Gasteiger partial charge in [-0.2, -0.15) is 5.26 Å². The van der Waals surface area contributed by atoms with Crippen molar-refractivity contribution in [3.8, 4) is 11.8 Å². The number of anilines is 1. The Kier molecular flexibility index (Phi) is 4.99. The monoisotopic (exact) mass is 350 g/mol. The molecule has 0 fully saturated rings. The molecule has 3 rings (SSSR count). The Morgan fingerprint density at radius 1 is 1.08 bits per heavy atom. The molecule has 3 nitrogen and oxygen atoms in total. The van der Waals surface area contributed by atoms with E-state index >= 15 is 0 Å². The van der Waals surface area contributed by atoms with Crippen molar-refractivity contribution in [1.29, 1.82) is 5.26 Å². The molecule has 0 saturated heterocycles. The van der Waals surface area contributed by atoms with Crippen LogP contribution in [0.3, 0.4) is 0 Å². The summed E-state index contributed by atoms with van der Waals surface area (Å²) in [6.45, 7) is 6.92. The summed E-state index contributed by atoms with van der Waals surface area (Å²) in [6, 6.07) is 14.6. The summed E-state index contributed by atoms with van der Waals surface area (Å²) >= 11 is 0. The van der Waals surface area contributed by atoms with E-state index in [1.54, 1.807) is 12.1 Å². The van der Waals surface area contributed by atoms with E-state index in [0.717, 1.165) is 34.7 Å². The number of hydrogen-bond donors (Lipinski definition) is 1. The van der Waals surface area contributed by atoms with E-state index in [1.165, 1.54) is 12.1 Å². The van der Waals surface area contributed by atoms with Crippen molar-refractivity contribution in [3.63, 3.8) is 0 Å².